The molecule has 0 atom stereocenters. The third kappa shape index (κ3) is 3.56. The largest absolute Gasteiger partial charge is 0.454 e. The van der Waals surface area contributed by atoms with Crippen molar-refractivity contribution in [2.45, 2.75) is 0 Å². The Bertz CT molecular complexity index is 1080. The number of rotatable bonds is 3. The SMILES string of the molecule is O=C(Nc1ccc2c(c1)OCO2)Nc1nccn(-c2cccc(Cl)c2)c1=O. The molecule has 0 saturated heterocycles. The van der Waals surface area contributed by atoms with Crippen LogP contribution in [0, 0.1) is 0 Å². The summed E-state index contributed by atoms with van der Waals surface area (Å²) in [6.45, 7) is 0.141. The summed E-state index contributed by atoms with van der Waals surface area (Å²) >= 11 is 5.97. The zero-order valence-electron chi connectivity index (χ0n) is 13.8. The molecule has 0 radical (unpaired) electrons. The van der Waals surface area contributed by atoms with Crippen molar-refractivity contribution in [1.29, 1.82) is 0 Å². The van der Waals surface area contributed by atoms with Crippen LogP contribution in [-0.4, -0.2) is 22.4 Å². The van der Waals surface area contributed by atoms with E-state index in [1.807, 2.05) is 0 Å². The van der Waals surface area contributed by atoms with E-state index < -0.39 is 11.6 Å². The van der Waals surface area contributed by atoms with E-state index in [4.69, 9.17) is 21.1 Å². The van der Waals surface area contributed by atoms with Gasteiger partial charge in [-0.05, 0) is 30.3 Å². The van der Waals surface area contributed by atoms with Crippen molar-refractivity contribution in [3.05, 3.63) is 70.2 Å². The van der Waals surface area contributed by atoms with E-state index in [9.17, 15) is 9.59 Å². The van der Waals surface area contributed by atoms with Gasteiger partial charge in [0.25, 0.3) is 5.56 Å². The summed E-state index contributed by atoms with van der Waals surface area (Å²) in [6.07, 6.45) is 2.91. The standard InChI is InChI=1S/C18H13ClN4O4/c19-11-2-1-3-13(8-11)23-7-6-20-16(17(23)24)22-18(25)21-12-4-5-14-15(9-12)27-10-26-14/h1-9H,10H2,(H2,20,21,22,25). The summed E-state index contributed by atoms with van der Waals surface area (Å²) in [7, 11) is 0. The van der Waals surface area contributed by atoms with Gasteiger partial charge in [-0.2, -0.15) is 0 Å². The van der Waals surface area contributed by atoms with Crippen LogP contribution < -0.4 is 25.7 Å². The first-order valence-electron chi connectivity index (χ1n) is 7.91. The van der Waals surface area contributed by atoms with Crippen LogP contribution >= 0.6 is 11.6 Å². The lowest BCUT2D eigenvalue weighted by Gasteiger charge is -2.10. The third-order valence-corrected chi connectivity index (χ3v) is 4.02. The molecule has 1 aliphatic heterocycles. The number of hydrogen-bond acceptors (Lipinski definition) is 5. The van der Waals surface area contributed by atoms with Crippen LogP contribution in [0.3, 0.4) is 0 Å². The fourth-order valence-corrected chi connectivity index (χ4v) is 2.76. The zero-order valence-corrected chi connectivity index (χ0v) is 14.6. The Morgan fingerprint density at radius 2 is 1.96 bits per heavy atom. The van der Waals surface area contributed by atoms with E-state index in [0.717, 1.165) is 0 Å². The number of hydrogen-bond donors (Lipinski definition) is 2. The molecule has 27 heavy (non-hydrogen) atoms. The molecule has 3 aromatic rings. The van der Waals surface area contributed by atoms with Gasteiger partial charge in [-0.25, -0.2) is 9.78 Å². The van der Waals surface area contributed by atoms with Gasteiger partial charge in [0.05, 0.1) is 5.69 Å². The monoisotopic (exact) mass is 384 g/mol. The van der Waals surface area contributed by atoms with Gasteiger partial charge in [0.2, 0.25) is 12.6 Å². The number of carbonyl (C=O) groups is 1. The van der Waals surface area contributed by atoms with Crippen molar-refractivity contribution in [3.63, 3.8) is 0 Å². The predicted molar refractivity (Wildman–Crippen MR) is 100 cm³/mol. The van der Waals surface area contributed by atoms with Crippen LogP contribution in [0.2, 0.25) is 5.02 Å². The van der Waals surface area contributed by atoms with Gasteiger partial charge in [-0.15, -0.1) is 0 Å². The van der Waals surface area contributed by atoms with E-state index in [1.54, 1.807) is 42.5 Å². The number of aromatic nitrogens is 2. The van der Waals surface area contributed by atoms with Crippen LogP contribution in [-0.2, 0) is 0 Å². The number of nitrogens with one attached hydrogen (secondary N) is 2. The highest BCUT2D eigenvalue weighted by Gasteiger charge is 2.15. The van der Waals surface area contributed by atoms with E-state index in [0.29, 0.717) is 27.9 Å². The molecule has 9 heteroatoms. The third-order valence-electron chi connectivity index (χ3n) is 3.79. The van der Waals surface area contributed by atoms with E-state index >= 15 is 0 Å². The molecule has 8 nitrogen and oxygen atoms in total. The molecule has 136 valence electrons. The second-order valence-electron chi connectivity index (χ2n) is 5.58. The molecule has 1 aliphatic rings. The fourth-order valence-electron chi connectivity index (χ4n) is 2.57. The highest BCUT2D eigenvalue weighted by atomic mass is 35.5. The summed E-state index contributed by atoms with van der Waals surface area (Å²) in [4.78, 5) is 28.8. The Morgan fingerprint density at radius 1 is 1.11 bits per heavy atom. The van der Waals surface area contributed by atoms with Gasteiger partial charge in [0, 0.05) is 29.2 Å². The minimum atomic E-state index is -0.609. The molecule has 0 saturated carbocycles. The predicted octanol–water partition coefficient (Wildman–Crippen LogP) is 3.26. The summed E-state index contributed by atoms with van der Waals surface area (Å²) in [5.41, 5.74) is 0.567. The molecular weight excluding hydrogens is 372 g/mol. The van der Waals surface area contributed by atoms with Crippen LogP contribution in [0.5, 0.6) is 11.5 Å². The van der Waals surface area contributed by atoms with Crippen molar-refractivity contribution in [2.75, 3.05) is 17.4 Å². The first-order valence-corrected chi connectivity index (χ1v) is 8.29. The lowest BCUT2D eigenvalue weighted by atomic mass is 10.3. The highest BCUT2D eigenvalue weighted by molar-refractivity contribution is 6.30. The van der Waals surface area contributed by atoms with Crippen LogP contribution in [0.1, 0.15) is 0 Å². The molecular formula is C18H13ClN4O4. The average Bonchev–Trinajstić information content (AvgIpc) is 3.11. The number of nitrogens with zero attached hydrogens (tertiary/aromatic N) is 2. The summed E-state index contributed by atoms with van der Waals surface area (Å²) < 4.78 is 11.8. The summed E-state index contributed by atoms with van der Waals surface area (Å²) in [6, 6.07) is 11.2. The fraction of sp³-hybridized carbons (Fsp3) is 0.0556. The number of urea groups is 1. The van der Waals surface area contributed by atoms with Crippen molar-refractivity contribution in [1.82, 2.24) is 9.55 Å². The minimum Gasteiger partial charge on any atom is -0.454 e. The lowest BCUT2D eigenvalue weighted by Crippen LogP contribution is -2.28. The van der Waals surface area contributed by atoms with Crippen molar-refractivity contribution in [3.8, 4) is 17.2 Å². The van der Waals surface area contributed by atoms with Crippen molar-refractivity contribution < 1.29 is 14.3 Å². The molecule has 0 unspecified atom stereocenters. The number of fused-ring (bicyclic) bond motifs is 1. The van der Waals surface area contributed by atoms with E-state index in [1.165, 1.54) is 17.0 Å². The zero-order chi connectivity index (χ0) is 18.8. The molecule has 2 heterocycles. The number of carbonyl (C=O) groups excluding carboxylic acids is 1. The molecule has 2 aromatic carbocycles. The number of anilines is 2. The van der Waals surface area contributed by atoms with Gasteiger partial charge in [-0.3, -0.25) is 14.7 Å². The first-order chi connectivity index (χ1) is 13.1. The van der Waals surface area contributed by atoms with Crippen LogP contribution in [0.25, 0.3) is 5.69 Å². The smallest absolute Gasteiger partial charge is 0.325 e. The normalized spacial score (nSPS) is 11.9. The van der Waals surface area contributed by atoms with E-state index in [-0.39, 0.29) is 12.6 Å². The molecule has 2 N–H and O–H groups in total. The molecule has 0 aliphatic carbocycles. The quantitative estimate of drug-likeness (QED) is 0.722. The van der Waals surface area contributed by atoms with E-state index in [2.05, 4.69) is 15.6 Å². The Morgan fingerprint density at radius 3 is 2.81 bits per heavy atom. The summed E-state index contributed by atoms with van der Waals surface area (Å²) in [5.74, 6) is 1.03. The minimum absolute atomic E-state index is 0.115. The molecule has 1 aromatic heterocycles. The maximum atomic E-state index is 12.6. The van der Waals surface area contributed by atoms with Gasteiger partial charge in [0.1, 0.15) is 0 Å². The maximum Gasteiger partial charge on any atom is 0.325 e. The van der Waals surface area contributed by atoms with Crippen LogP contribution in [0.4, 0.5) is 16.3 Å². The second kappa shape index (κ2) is 7.00. The Labute approximate surface area is 158 Å². The van der Waals surface area contributed by atoms with Crippen molar-refractivity contribution in [2.24, 2.45) is 0 Å². The Hall–Kier alpha value is -3.52. The second-order valence-corrected chi connectivity index (χ2v) is 6.01. The topological polar surface area (TPSA) is 94.5 Å². The first kappa shape index (κ1) is 16.9. The molecule has 0 fully saturated rings. The number of benzene rings is 2. The van der Waals surface area contributed by atoms with Gasteiger partial charge in [-0.1, -0.05) is 17.7 Å². The summed E-state index contributed by atoms with van der Waals surface area (Å²) in [5, 5.41) is 5.56. The van der Waals surface area contributed by atoms with Gasteiger partial charge < -0.3 is 14.8 Å². The van der Waals surface area contributed by atoms with Gasteiger partial charge in [0.15, 0.2) is 11.5 Å². The van der Waals surface area contributed by atoms with Crippen LogP contribution in [0.15, 0.2) is 59.7 Å². The molecule has 2 amide bonds. The molecule has 0 bridgehead atoms. The highest BCUT2D eigenvalue weighted by Crippen LogP contribution is 2.34. The van der Waals surface area contributed by atoms with Crippen molar-refractivity contribution >= 4 is 29.1 Å². The Balaban J connectivity index is 1.53. The molecule has 4 rings (SSSR count). The number of halogens is 1. The van der Waals surface area contributed by atoms with Gasteiger partial charge >= 0.3 is 6.03 Å². The Kier molecular flexibility index (Phi) is 4.39. The average molecular weight is 385 g/mol. The lowest BCUT2D eigenvalue weighted by molar-refractivity contribution is 0.174. The number of amides is 2. The molecule has 0 spiro atoms. The number of ether oxygens (including phenoxy) is 2. The maximum absolute atomic E-state index is 12.6.